The lowest BCUT2D eigenvalue weighted by Crippen LogP contribution is -2.42. The largest absolute Gasteiger partial charge is 0.448 e. The van der Waals surface area contributed by atoms with Crippen LogP contribution in [0.15, 0.2) is 53.3 Å². The Morgan fingerprint density at radius 3 is 2.36 bits per heavy atom. The van der Waals surface area contributed by atoms with E-state index in [1.54, 1.807) is 13.3 Å². The fourth-order valence-corrected chi connectivity index (χ4v) is 6.79. The molecule has 1 aromatic carbocycles. The number of pyridine rings is 1. The second-order valence-electron chi connectivity index (χ2n) is 13.0. The van der Waals surface area contributed by atoms with E-state index in [1.165, 1.54) is 5.56 Å². The maximum Gasteiger partial charge on any atom is 0.407 e. The number of anilines is 2. The number of aromatic nitrogens is 2. The summed E-state index contributed by atoms with van der Waals surface area (Å²) in [5, 5.41) is 2.53. The van der Waals surface area contributed by atoms with Crippen molar-refractivity contribution in [3.05, 3.63) is 60.3 Å². The quantitative estimate of drug-likeness (QED) is 0.285. The molecule has 0 unspecified atom stereocenters. The molecular weight excluding hydrogens is 554 g/mol. The van der Waals surface area contributed by atoms with Gasteiger partial charge in [0.15, 0.2) is 5.89 Å². The zero-order valence-corrected chi connectivity index (χ0v) is 26.2. The summed E-state index contributed by atoms with van der Waals surface area (Å²) in [5.41, 5.74) is 4.01. The first-order chi connectivity index (χ1) is 21.4. The van der Waals surface area contributed by atoms with Crippen molar-refractivity contribution in [2.45, 2.75) is 82.1 Å². The van der Waals surface area contributed by atoms with E-state index in [-0.39, 0.29) is 17.9 Å². The predicted molar refractivity (Wildman–Crippen MR) is 171 cm³/mol. The Balaban J connectivity index is 1.16. The molecule has 2 aromatic heterocycles. The monoisotopic (exact) mass is 599 g/mol. The highest BCUT2D eigenvalue weighted by molar-refractivity contribution is 5.95. The standard InChI is InChI=1S/C35H45N5O4/c1-36-35(42)44-30-16-13-26(14-17-30)34(41)40(29-6-4-5-27(19-29)31-22-43-33(38-31)25-11-12-25)21-23-7-9-24(10-8-23)28-15-18-32(37-20-28)39(2)3/h4-6,15,18-20,22-26,30H,7-14,16-17,21H2,1-3H3,(H,36,42). The molecule has 1 N–H and O–H groups in total. The molecule has 0 bridgehead atoms. The van der Waals surface area contributed by atoms with Crippen LogP contribution in [0.4, 0.5) is 16.3 Å². The topological polar surface area (TPSA) is 101 Å². The van der Waals surface area contributed by atoms with Crippen LogP contribution < -0.4 is 15.1 Å². The number of hydrogen-bond acceptors (Lipinski definition) is 7. The lowest BCUT2D eigenvalue weighted by atomic mass is 9.78. The molecule has 3 aliphatic carbocycles. The third kappa shape index (κ3) is 7.08. The van der Waals surface area contributed by atoms with Gasteiger partial charge in [-0.15, -0.1) is 0 Å². The van der Waals surface area contributed by atoms with Crippen LogP contribution in [0.25, 0.3) is 11.3 Å². The van der Waals surface area contributed by atoms with E-state index < -0.39 is 6.09 Å². The summed E-state index contributed by atoms with van der Waals surface area (Å²) in [6.07, 6.45) is 12.7. The van der Waals surface area contributed by atoms with Crippen molar-refractivity contribution >= 4 is 23.5 Å². The number of nitrogens with one attached hydrogen (secondary N) is 1. The van der Waals surface area contributed by atoms with Gasteiger partial charge in [0.25, 0.3) is 0 Å². The van der Waals surface area contributed by atoms with Crippen LogP contribution in [0, 0.1) is 11.8 Å². The van der Waals surface area contributed by atoms with Gasteiger partial charge in [-0.1, -0.05) is 18.2 Å². The van der Waals surface area contributed by atoms with Crippen LogP contribution in [0.1, 0.15) is 87.5 Å². The minimum atomic E-state index is -0.407. The first kappa shape index (κ1) is 30.2. The van der Waals surface area contributed by atoms with Crippen molar-refractivity contribution in [2.75, 3.05) is 37.5 Å². The second-order valence-corrected chi connectivity index (χ2v) is 13.0. The van der Waals surface area contributed by atoms with Crippen LogP contribution in [0.3, 0.4) is 0 Å². The predicted octanol–water partition coefficient (Wildman–Crippen LogP) is 6.90. The Labute approximate surface area is 260 Å². The molecule has 2 amide bonds. The van der Waals surface area contributed by atoms with E-state index in [9.17, 15) is 9.59 Å². The molecule has 2 heterocycles. The van der Waals surface area contributed by atoms with Gasteiger partial charge in [-0.25, -0.2) is 14.8 Å². The fraction of sp³-hybridized carbons (Fsp3) is 0.543. The maximum absolute atomic E-state index is 14.2. The average molecular weight is 600 g/mol. The van der Waals surface area contributed by atoms with Gasteiger partial charge in [-0.2, -0.15) is 0 Å². The summed E-state index contributed by atoms with van der Waals surface area (Å²) in [6, 6.07) is 12.5. The van der Waals surface area contributed by atoms with Crippen LogP contribution >= 0.6 is 0 Å². The van der Waals surface area contributed by atoms with Gasteiger partial charge in [-0.3, -0.25) is 4.79 Å². The lowest BCUT2D eigenvalue weighted by molar-refractivity contribution is -0.124. The third-order valence-corrected chi connectivity index (χ3v) is 9.66. The zero-order valence-electron chi connectivity index (χ0n) is 26.2. The highest BCUT2D eigenvalue weighted by atomic mass is 16.6. The number of alkyl carbamates (subject to hydrolysis) is 1. The number of rotatable bonds is 9. The molecule has 44 heavy (non-hydrogen) atoms. The number of oxazole rings is 1. The van der Waals surface area contributed by atoms with Crippen molar-refractivity contribution < 1.29 is 18.7 Å². The van der Waals surface area contributed by atoms with Gasteiger partial charge in [0, 0.05) is 57.0 Å². The molecule has 6 rings (SSSR count). The summed E-state index contributed by atoms with van der Waals surface area (Å²) in [7, 11) is 5.59. The summed E-state index contributed by atoms with van der Waals surface area (Å²) in [4.78, 5) is 39.4. The van der Waals surface area contributed by atoms with Gasteiger partial charge in [0.2, 0.25) is 5.91 Å². The van der Waals surface area contributed by atoms with Crippen LogP contribution in [0.5, 0.6) is 0 Å². The molecule has 234 valence electrons. The molecule has 3 fully saturated rings. The van der Waals surface area contributed by atoms with E-state index in [0.29, 0.717) is 50.0 Å². The molecule has 0 saturated heterocycles. The highest BCUT2D eigenvalue weighted by Crippen LogP contribution is 2.41. The van der Waals surface area contributed by atoms with Gasteiger partial charge in [-0.05, 0) is 99.8 Å². The summed E-state index contributed by atoms with van der Waals surface area (Å²) >= 11 is 0. The zero-order chi connectivity index (χ0) is 30.6. The molecule has 0 radical (unpaired) electrons. The number of benzene rings is 1. The Kier molecular flexibility index (Phi) is 9.19. The summed E-state index contributed by atoms with van der Waals surface area (Å²) < 4.78 is 11.3. The number of nitrogens with zero attached hydrogens (tertiary/aromatic N) is 4. The van der Waals surface area contributed by atoms with E-state index in [2.05, 4.69) is 28.5 Å². The highest BCUT2D eigenvalue weighted by Gasteiger charge is 2.34. The van der Waals surface area contributed by atoms with Crippen molar-refractivity contribution in [1.82, 2.24) is 15.3 Å². The number of carbonyl (C=O) groups excluding carboxylic acids is 2. The Morgan fingerprint density at radius 2 is 1.70 bits per heavy atom. The Morgan fingerprint density at radius 1 is 0.955 bits per heavy atom. The number of amides is 2. The van der Waals surface area contributed by atoms with E-state index in [4.69, 9.17) is 14.1 Å². The molecule has 0 aliphatic heterocycles. The first-order valence-electron chi connectivity index (χ1n) is 16.3. The van der Waals surface area contributed by atoms with Gasteiger partial charge >= 0.3 is 6.09 Å². The van der Waals surface area contributed by atoms with Crippen molar-refractivity contribution in [2.24, 2.45) is 11.8 Å². The Bertz CT molecular complexity index is 1420. The smallest absolute Gasteiger partial charge is 0.407 e. The minimum Gasteiger partial charge on any atom is -0.448 e. The van der Waals surface area contributed by atoms with Gasteiger partial charge < -0.3 is 24.3 Å². The molecule has 3 saturated carbocycles. The fourth-order valence-electron chi connectivity index (χ4n) is 6.79. The molecule has 0 atom stereocenters. The molecule has 9 nitrogen and oxygen atoms in total. The van der Waals surface area contributed by atoms with E-state index >= 15 is 0 Å². The summed E-state index contributed by atoms with van der Waals surface area (Å²) in [6.45, 7) is 0.702. The van der Waals surface area contributed by atoms with Crippen LogP contribution in [0.2, 0.25) is 0 Å². The third-order valence-electron chi connectivity index (χ3n) is 9.66. The number of hydrogen-bond donors (Lipinski definition) is 1. The average Bonchev–Trinajstić information content (AvgIpc) is 3.79. The van der Waals surface area contributed by atoms with Crippen LogP contribution in [-0.2, 0) is 9.53 Å². The molecule has 3 aromatic rings. The van der Waals surface area contributed by atoms with E-state index in [1.807, 2.05) is 48.3 Å². The summed E-state index contributed by atoms with van der Waals surface area (Å²) in [5.74, 6) is 3.25. The minimum absolute atomic E-state index is 0.0886. The number of carbonyl (C=O) groups is 2. The van der Waals surface area contributed by atoms with Crippen molar-refractivity contribution in [3.8, 4) is 11.3 Å². The molecule has 0 spiro atoms. The van der Waals surface area contributed by atoms with Gasteiger partial charge in [0.1, 0.15) is 23.9 Å². The molecule has 9 heteroatoms. The van der Waals surface area contributed by atoms with Gasteiger partial charge in [0.05, 0.1) is 0 Å². The first-order valence-corrected chi connectivity index (χ1v) is 16.3. The Hall–Kier alpha value is -3.88. The van der Waals surface area contributed by atoms with E-state index in [0.717, 1.165) is 67.2 Å². The maximum atomic E-state index is 14.2. The molecular formula is C35H45N5O4. The van der Waals surface area contributed by atoms with Crippen molar-refractivity contribution in [1.29, 1.82) is 0 Å². The molecule has 3 aliphatic rings. The lowest BCUT2D eigenvalue weighted by Gasteiger charge is -2.36. The number of ether oxygens (including phenoxy) is 1. The normalized spacial score (nSPS) is 23.5. The second kappa shape index (κ2) is 13.4. The van der Waals surface area contributed by atoms with Crippen molar-refractivity contribution in [3.63, 3.8) is 0 Å². The van der Waals surface area contributed by atoms with Crippen LogP contribution in [-0.4, -0.2) is 55.8 Å². The SMILES string of the molecule is CNC(=O)OC1CCC(C(=O)N(CC2CCC(c3ccc(N(C)C)nc3)CC2)c2cccc(-c3coc(C4CC4)n3)c2)CC1.